The van der Waals surface area contributed by atoms with Gasteiger partial charge in [0.05, 0.1) is 13.2 Å². The lowest BCUT2D eigenvalue weighted by Gasteiger charge is -2.26. The molecule has 0 aromatic rings. The van der Waals surface area contributed by atoms with Gasteiger partial charge >= 0.3 is 0 Å². The van der Waals surface area contributed by atoms with Crippen molar-refractivity contribution < 1.29 is 9.53 Å². The van der Waals surface area contributed by atoms with Crippen molar-refractivity contribution in [3.63, 3.8) is 0 Å². The number of hydrogen-bond acceptors (Lipinski definition) is 4. The van der Waals surface area contributed by atoms with Crippen molar-refractivity contribution in [3.8, 4) is 0 Å². The van der Waals surface area contributed by atoms with E-state index in [1.54, 1.807) is 0 Å². The minimum absolute atomic E-state index is 0.160. The number of rotatable bonds is 9. The third-order valence-corrected chi connectivity index (χ3v) is 3.06. The van der Waals surface area contributed by atoms with Crippen molar-refractivity contribution in [2.75, 3.05) is 52.5 Å². The number of carbonyl (C=O) groups excluding carboxylic acids is 1. The zero-order chi connectivity index (χ0) is 13.1. The minimum atomic E-state index is 0.160. The van der Waals surface area contributed by atoms with E-state index in [9.17, 15) is 4.79 Å². The molecule has 0 aliphatic carbocycles. The molecule has 106 valence electrons. The van der Waals surface area contributed by atoms with Crippen molar-refractivity contribution in [3.05, 3.63) is 0 Å². The zero-order valence-corrected chi connectivity index (χ0v) is 11.5. The second-order valence-corrected chi connectivity index (χ2v) is 4.61. The molecular formula is C13H27N3O2. The summed E-state index contributed by atoms with van der Waals surface area (Å²) in [5.74, 6) is 0.160. The highest BCUT2D eigenvalue weighted by atomic mass is 16.5. The number of nitrogens with zero attached hydrogens (tertiary/aromatic N) is 1. The van der Waals surface area contributed by atoms with Crippen molar-refractivity contribution in [1.29, 1.82) is 0 Å². The monoisotopic (exact) mass is 257 g/mol. The average Bonchev–Trinajstić information content (AvgIpc) is 2.39. The lowest BCUT2D eigenvalue weighted by Crippen LogP contribution is -2.37. The number of ether oxygens (including phenoxy) is 1. The summed E-state index contributed by atoms with van der Waals surface area (Å²) in [5, 5.41) is 6.19. The molecule has 1 saturated heterocycles. The Kier molecular flexibility index (Phi) is 8.81. The Labute approximate surface area is 110 Å². The van der Waals surface area contributed by atoms with E-state index in [4.69, 9.17) is 4.74 Å². The quantitative estimate of drug-likeness (QED) is 0.580. The molecule has 1 rings (SSSR count). The zero-order valence-electron chi connectivity index (χ0n) is 11.5. The van der Waals surface area contributed by atoms with Gasteiger partial charge in [-0.1, -0.05) is 0 Å². The summed E-state index contributed by atoms with van der Waals surface area (Å²) in [7, 11) is 0. The van der Waals surface area contributed by atoms with Crippen molar-refractivity contribution >= 4 is 5.91 Å². The molecule has 0 aromatic carbocycles. The Balaban J connectivity index is 1.82. The van der Waals surface area contributed by atoms with E-state index >= 15 is 0 Å². The second-order valence-electron chi connectivity index (χ2n) is 4.61. The van der Waals surface area contributed by atoms with Gasteiger partial charge in [-0.3, -0.25) is 9.69 Å². The summed E-state index contributed by atoms with van der Waals surface area (Å²) in [6, 6.07) is 0. The van der Waals surface area contributed by atoms with Crippen LogP contribution in [-0.2, 0) is 9.53 Å². The molecule has 0 saturated carbocycles. The largest absolute Gasteiger partial charge is 0.379 e. The van der Waals surface area contributed by atoms with Gasteiger partial charge in [0.1, 0.15) is 0 Å². The highest BCUT2D eigenvalue weighted by molar-refractivity contribution is 5.75. The van der Waals surface area contributed by atoms with Gasteiger partial charge in [0.15, 0.2) is 0 Å². The molecule has 0 unspecified atom stereocenters. The van der Waals surface area contributed by atoms with Gasteiger partial charge in [-0.05, 0) is 39.4 Å². The second kappa shape index (κ2) is 10.3. The van der Waals surface area contributed by atoms with Crippen LogP contribution in [0.1, 0.15) is 26.2 Å². The van der Waals surface area contributed by atoms with Crippen LogP contribution in [0.2, 0.25) is 0 Å². The Morgan fingerprint density at radius 3 is 2.67 bits per heavy atom. The van der Waals surface area contributed by atoms with E-state index in [0.29, 0.717) is 6.42 Å². The molecule has 1 aliphatic rings. The van der Waals surface area contributed by atoms with Crippen LogP contribution in [0.4, 0.5) is 0 Å². The molecule has 0 atom stereocenters. The number of hydrogen-bond donors (Lipinski definition) is 2. The molecule has 1 heterocycles. The fourth-order valence-corrected chi connectivity index (χ4v) is 2.04. The lowest BCUT2D eigenvalue weighted by molar-refractivity contribution is -0.121. The topological polar surface area (TPSA) is 53.6 Å². The minimum Gasteiger partial charge on any atom is -0.379 e. The lowest BCUT2D eigenvalue weighted by atomic mass is 10.3. The molecule has 2 N–H and O–H groups in total. The first kappa shape index (κ1) is 15.4. The smallest absolute Gasteiger partial charge is 0.220 e. The van der Waals surface area contributed by atoms with E-state index in [0.717, 1.165) is 58.9 Å². The molecule has 0 bridgehead atoms. The van der Waals surface area contributed by atoms with Crippen LogP contribution in [0.3, 0.4) is 0 Å². The summed E-state index contributed by atoms with van der Waals surface area (Å²) in [4.78, 5) is 13.6. The molecule has 5 nitrogen and oxygen atoms in total. The van der Waals surface area contributed by atoms with Crippen LogP contribution in [0.5, 0.6) is 0 Å². The maximum Gasteiger partial charge on any atom is 0.220 e. The summed E-state index contributed by atoms with van der Waals surface area (Å²) < 4.78 is 5.31. The van der Waals surface area contributed by atoms with E-state index in [-0.39, 0.29) is 5.91 Å². The molecule has 1 fully saturated rings. The van der Waals surface area contributed by atoms with E-state index in [2.05, 4.69) is 15.5 Å². The number of nitrogens with one attached hydrogen (secondary N) is 2. The van der Waals surface area contributed by atoms with Crippen LogP contribution in [-0.4, -0.2) is 63.3 Å². The summed E-state index contributed by atoms with van der Waals surface area (Å²) in [6.07, 6.45) is 2.72. The third-order valence-electron chi connectivity index (χ3n) is 3.06. The van der Waals surface area contributed by atoms with Crippen molar-refractivity contribution in [2.24, 2.45) is 0 Å². The van der Waals surface area contributed by atoms with Gasteiger partial charge in [0.25, 0.3) is 0 Å². The Morgan fingerprint density at radius 1 is 1.22 bits per heavy atom. The van der Waals surface area contributed by atoms with E-state index in [1.807, 2.05) is 6.92 Å². The predicted molar refractivity (Wildman–Crippen MR) is 72.7 cm³/mol. The third kappa shape index (κ3) is 7.63. The van der Waals surface area contributed by atoms with Crippen LogP contribution in [0, 0.1) is 0 Å². The van der Waals surface area contributed by atoms with Crippen molar-refractivity contribution in [1.82, 2.24) is 15.5 Å². The highest BCUT2D eigenvalue weighted by Gasteiger charge is 2.08. The van der Waals surface area contributed by atoms with Gasteiger partial charge in [0, 0.05) is 26.1 Å². The van der Waals surface area contributed by atoms with Crippen LogP contribution in [0.25, 0.3) is 0 Å². The summed E-state index contributed by atoms with van der Waals surface area (Å²) >= 11 is 0. The molecular weight excluding hydrogens is 230 g/mol. The summed E-state index contributed by atoms with van der Waals surface area (Å²) in [5.41, 5.74) is 0. The Bertz CT molecular complexity index is 218. The molecule has 1 aliphatic heterocycles. The molecule has 18 heavy (non-hydrogen) atoms. The number of amides is 1. The maximum atomic E-state index is 11.2. The molecule has 5 heteroatoms. The number of morpholine rings is 1. The fourth-order valence-electron chi connectivity index (χ4n) is 2.04. The van der Waals surface area contributed by atoms with E-state index in [1.165, 1.54) is 6.42 Å². The highest BCUT2D eigenvalue weighted by Crippen LogP contribution is 1.97. The van der Waals surface area contributed by atoms with Gasteiger partial charge in [-0.2, -0.15) is 0 Å². The SMILES string of the molecule is CCNC(=O)CCCNCCCN1CCOCC1. The normalized spacial score (nSPS) is 16.7. The average molecular weight is 257 g/mol. The van der Waals surface area contributed by atoms with Gasteiger partial charge in [0.2, 0.25) is 5.91 Å². The van der Waals surface area contributed by atoms with Gasteiger partial charge in [-0.15, -0.1) is 0 Å². The first-order valence-electron chi connectivity index (χ1n) is 7.10. The van der Waals surface area contributed by atoms with E-state index < -0.39 is 0 Å². The van der Waals surface area contributed by atoms with Gasteiger partial charge < -0.3 is 15.4 Å². The fraction of sp³-hybridized carbons (Fsp3) is 0.923. The molecule has 0 spiro atoms. The number of carbonyl (C=O) groups is 1. The first-order valence-corrected chi connectivity index (χ1v) is 7.10. The van der Waals surface area contributed by atoms with Crippen LogP contribution >= 0.6 is 0 Å². The standard InChI is InChI=1S/C13H27N3O2/c1-2-15-13(17)5-3-6-14-7-4-8-16-9-11-18-12-10-16/h14H,2-12H2,1H3,(H,15,17). The predicted octanol–water partition coefficient (Wildman–Crippen LogP) is 0.215. The van der Waals surface area contributed by atoms with Gasteiger partial charge in [-0.25, -0.2) is 0 Å². The summed E-state index contributed by atoms with van der Waals surface area (Å²) in [6.45, 7) is 9.67. The van der Waals surface area contributed by atoms with Crippen LogP contribution in [0.15, 0.2) is 0 Å². The van der Waals surface area contributed by atoms with Crippen molar-refractivity contribution in [2.45, 2.75) is 26.2 Å². The first-order chi connectivity index (χ1) is 8.83. The Hall–Kier alpha value is -0.650. The molecule has 1 amide bonds. The maximum absolute atomic E-state index is 11.2. The molecule has 0 aromatic heterocycles. The molecule has 0 radical (unpaired) electrons. The Morgan fingerprint density at radius 2 is 1.94 bits per heavy atom. The van der Waals surface area contributed by atoms with Crippen LogP contribution < -0.4 is 10.6 Å².